The fourth-order valence-corrected chi connectivity index (χ4v) is 2.77. The molecule has 3 rings (SSSR count). The number of nitrogens with zero attached hydrogens (tertiary/aromatic N) is 5. The molecule has 1 amide bonds. The lowest BCUT2D eigenvalue weighted by atomic mass is 10.1. The van der Waals surface area contributed by atoms with Crippen LogP contribution in [0.1, 0.15) is 28.8 Å². The number of aromatic nitrogens is 3. The Bertz CT molecular complexity index is 794. The summed E-state index contributed by atoms with van der Waals surface area (Å²) < 4.78 is 7.37. The number of piperidine rings is 1. The molecule has 8 heteroatoms. The third-order valence-corrected chi connectivity index (χ3v) is 3.90. The number of carbonyl (C=O) groups excluding carboxylic acids is 1. The lowest BCUT2D eigenvalue weighted by Gasteiger charge is -2.32. The van der Waals surface area contributed by atoms with Gasteiger partial charge in [0.15, 0.2) is 5.82 Å². The highest BCUT2D eigenvalue weighted by atomic mass is 16.5. The number of nitrogen functional groups attached to an aromatic ring is 1. The fourth-order valence-electron chi connectivity index (χ4n) is 2.77. The Hall–Kier alpha value is -3.08. The zero-order valence-electron chi connectivity index (χ0n) is 13.3. The fraction of sp³-hybridized carbons (Fsp3) is 0.375. The highest BCUT2D eigenvalue weighted by Gasteiger charge is 2.28. The quantitative estimate of drug-likeness (QED) is 0.899. The molecule has 0 unspecified atom stereocenters. The number of nitriles is 1. The molecule has 124 valence electrons. The van der Waals surface area contributed by atoms with Gasteiger partial charge in [0.05, 0.1) is 18.2 Å². The van der Waals surface area contributed by atoms with Gasteiger partial charge < -0.3 is 15.4 Å². The summed E-state index contributed by atoms with van der Waals surface area (Å²) in [6.07, 6.45) is 4.65. The van der Waals surface area contributed by atoms with Crippen LogP contribution in [0.25, 0.3) is 0 Å². The average molecular weight is 326 g/mol. The van der Waals surface area contributed by atoms with Gasteiger partial charge in [-0.2, -0.15) is 10.4 Å². The van der Waals surface area contributed by atoms with E-state index in [0.29, 0.717) is 30.1 Å². The van der Waals surface area contributed by atoms with E-state index < -0.39 is 0 Å². The molecule has 24 heavy (non-hydrogen) atoms. The van der Waals surface area contributed by atoms with Crippen molar-refractivity contribution in [2.45, 2.75) is 18.9 Å². The van der Waals surface area contributed by atoms with Crippen LogP contribution in [0.4, 0.5) is 5.82 Å². The smallest absolute Gasteiger partial charge is 0.259 e. The second-order valence-corrected chi connectivity index (χ2v) is 5.73. The molecule has 0 aromatic carbocycles. The standard InChI is InChI=1S/C16H18N6O2/c1-21-10-13(15(18)20-21)16(23)22-6-2-3-12(9-22)24-14-7-11(8-17)4-5-19-14/h4-5,7,10,12H,2-3,6,9H2,1H3,(H2,18,20)/t12-/m1/s1. The SMILES string of the molecule is Cn1cc(C(=O)N2CCC[C@@H](Oc3cc(C#N)ccn3)C2)c(N)n1. The van der Waals surface area contributed by atoms with Gasteiger partial charge in [-0.3, -0.25) is 9.48 Å². The number of pyridine rings is 1. The second kappa shape index (κ2) is 6.58. The summed E-state index contributed by atoms with van der Waals surface area (Å²) >= 11 is 0. The number of anilines is 1. The molecule has 1 fully saturated rings. The van der Waals surface area contributed by atoms with Crippen LogP contribution in [0.2, 0.25) is 0 Å². The number of carbonyl (C=O) groups is 1. The van der Waals surface area contributed by atoms with E-state index in [-0.39, 0.29) is 17.8 Å². The van der Waals surface area contributed by atoms with E-state index in [9.17, 15) is 4.79 Å². The molecule has 1 aliphatic heterocycles. The molecular weight excluding hydrogens is 308 g/mol. The number of aryl methyl sites for hydroxylation is 1. The van der Waals surface area contributed by atoms with Gasteiger partial charge in [0.1, 0.15) is 11.7 Å². The molecule has 0 radical (unpaired) electrons. The summed E-state index contributed by atoms with van der Waals surface area (Å²) in [7, 11) is 1.73. The van der Waals surface area contributed by atoms with E-state index in [1.807, 2.05) is 0 Å². The van der Waals surface area contributed by atoms with Crippen molar-refractivity contribution < 1.29 is 9.53 Å². The monoisotopic (exact) mass is 326 g/mol. The number of amides is 1. The highest BCUT2D eigenvalue weighted by Crippen LogP contribution is 2.20. The maximum Gasteiger partial charge on any atom is 0.259 e. The minimum absolute atomic E-state index is 0.146. The van der Waals surface area contributed by atoms with Crippen molar-refractivity contribution in [3.05, 3.63) is 35.7 Å². The summed E-state index contributed by atoms with van der Waals surface area (Å²) in [5.74, 6) is 0.482. The Morgan fingerprint density at radius 1 is 1.54 bits per heavy atom. The largest absolute Gasteiger partial charge is 0.472 e. The van der Waals surface area contributed by atoms with Crippen LogP contribution >= 0.6 is 0 Å². The Morgan fingerprint density at radius 2 is 2.38 bits per heavy atom. The minimum atomic E-state index is -0.165. The molecule has 1 aliphatic rings. The number of hydrogen-bond donors (Lipinski definition) is 1. The summed E-state index contributed by atoms with van der Waals surface area (Å²) in [6, 6.07) is 5.27. The molecule has 2 aromatic heterocycles. The molecule has 2 N–H and O–H groups in total. The molecule has 3 heterocycles. The number of hydrogen-bond acceptors (Lipinski definition) is 6. The topological polar surface area (TPSA) is 110 Å². The van der Waals surface area contributed by atoms with E-state index in [4.69, 9.17) is 15.7 Å². The first-order valence-electron chi connectivity index (χ1n) is 7.68. The maximum absolute atomic E-state index is 12.6. The third kappa shape index (κ3) is 3.30. The van der Waals surface area contributed by atoms with Crippen LogP contribution in [0.15, 0.2) is 24.5 Å². The number of nitrogens with two attached hydrogens (primary N) is 1. The third-order valence-electron chi connectivity index (χ3n) is 3.90. The van der Waals surface area contributed by atoms with E-state index in [1.54, 1.807) is 30.3 Å². The lowest BCUT2D eigenvalue weighted by molar-refractivity contribution is 0.0528. The van der Waals surface area contributed by atoms with Gasteiger partial charge in [0.25, 0.3) is 5.91 Å². The summed E-state index contributed by atoms with van der Waals surface area (Å²) in [5.41, 5.74) is 6.69. The van der Waals surface area contributed by atoms with Crippen LogP contribution in [0, 0.1) is 11.3 Å². The van der Waals surface area contributed by atoms with Crippen molar-refractivity contribution in [1.82, 2.24) is 19.7 Å². The molecule has 0 bridgehead atoms. The van der Waals surface area contributed by atoms with Crippen LogP contribution in [0.3, 0.4) is 0 Å². The number of rotatable bonds is 3. The first-order valence-corrected chi connectivity index (χ1v) is 7.68. The molecule has 1 atom stereocenters. The summed E-state index contributed by atoms with van der Waals surface area (Å²) in [6.45, 7) is 1.10. The van der Waals surface area contributed by atoms with E-state index >= 15 is 0 Å². The Kier molecular flexibility index (Phi) is 4.33. The first kappa shape index (κ1) is 15.8. The first-order chi connectivity index (χ1) is 11.6. The van der Waals surface area contributed by atoms with Crippen molar-refractivity contribution in [2.75, 3.05) is 18.8 Å². The van der Waals surface area contributed by atoms with Gasteiger partial charge in [-0.25, -0.2) is 4.98 Å². The van der Waals surface area contributed by atoms with Crippen molar-refractivity contribution in [1.29, 1.82) is 5.26 Å². The lowest BCUT2D eigenvalue weighted by Crippen LogP contribution is -2.44. The van der Waals surface area contributed by atoms with Gasteiger partial charge in [0, 0.05) is 32.1 Å². The minimum Gasteiger partial charge on any atom is -0.472 e. The van der Waals surface area contributed by atoms with Gasteiger partial charge in [-0.15, -0.1) is 0 Å². The summed E-state index contributed by atoms with van der Waals surface area (Å²) in [4.78, 5) is 18.4. The predicted octanol–water partition coefficient (Wildman–Crippen LogP) is 0.953. The molecule has 0 saturated carbocycles. The van der Waals surface area contributed by atoms with Gasteiger partial charge in [-0.05, 0) is 18.9 Å². The van der Waals surface area contributed by atoms with E-state index in [1.165, 1.54) is 10.9 Å². The van der Waals surface area contributed by atoms with Crippen LogP contribution < -0.4 is 10.5 Å². The van der Waals surface area contributed by atoms with Crippen LogP contribution in [0.5, 0.6) is 5.88 Å². The van der Waals surface area contributed by atoms with Gasteiger partial charge in [0.2, 0.25) is 5.88 Å². The molecule has 2 aromatic rings. The zero-order chi connectivity index (χ0) is 17.1. The van der Waals surface area contributed by atoms with Crippen molar-refractivity contribution >= 4 is 11.7 Å². The molecule has 0 spiro atoms. The number of ether oxygens (including phenoxy) is 1. The Labute approximate surface area is 139 Å². The summed E-state index contributed by atoms with van der Waals surface area (Å²) in [5, 5.41) is 12.9. The molecular formula is C16H18N6O2. The molecule has 1 saturated heterocycles. The van der Waals surface area contributed by atoms with Gasteiger partial charge in [-0.1, -0.05) is 0 Å². The van der Waals surface area contributed by atoms with Crippen LogP contribution in [-0.2, 0) is 7.05 Å². The van der Waals surface area contributed by atoms with Crippen molar-refractivity contribution in [3.63, 3.8) is 0 Å². The van der Waals surface area contributed by atoms with Crippen molar-refractivity contribution in [3.8, 4) is 11.9 Å². The predicted molar refractivity (Wildman–Crippen MR) is 86.1 cm³/mol. The van der Waals surface area contributed by atoms with Gasteiger partial charge >= 0.3 is 0 Å². The number of likely N-dealkylation sites (tertiary alicyclic amines) is 1. The maximum atomic E-state index is 12.6. The Morgan fingerprint density at radius 3 is 3.08 bits per heavy atom. The Balaban J connectivity index is 1.69. The van der Waals surface area contributed by atoms with Crippen LogP contribution in [-0.4, -0.2) is 44.8 Å². The van der Waals surface area contributed by atoms with E-state index in [0.717, 1.165) is 12.8 Å². The second-order valence-electron chi connectivity index (χ2n) is 5.73. The molecule has 8 nitrogen and oxygen atoms in total. The average Bonchev–Trinajstić information content (AvgIpc) is 2.93. The zero-order valence-corrected chi connectivity index (χ0v) is 13.3. The van der Waals surface area contributed by atoms with Crippen molar-refractivity contribution in [2.24, 2.45) is 7.05 Å². The molecule has 0 aliphatic carbocycles. The highest BCUT2D eigenvalue weighted by molar-refractivity contribution is 5.98. The van der Waals surface area contributed by atoms with E-state index in [2.05, 4.69) is 16.2 Å². The normalized spacial score (nSPS) is 17.3.